The van der Waals surface area contributed by atoms with Gasteiger partial charge >= 0.3 is 18.9 Å². The Morgan fingerprint density at radius 1 is 1.50 bits per heavy atom. The molecule has 0 spiro atoms. The fourth-order valence-corrected chi connectivity index (χ4v) is 0. The molecule has 0 radical (unpaired) electrons. The largest absolute Gasteiger partial charge is 1.00 e. The van der Waals surface area contributed by atoms with E-state index in [0.717, 1.165) is 0 Å². The summed E-state index contributed by atoms with van der Waals surface area (Å²) in [5.74, 6) is 0. The summed E-state index contributed by atoms with van der Waals surface area (Å²) in [6.07, 6.45) is 1.25. The van der Waals surface area contributed by atoms with Crippen molar-refractivity contribution in [2.45, 2.75) is 20.3 Å². The molecule has 0 amide bonds. The van der Waals surface area contributed by atoms with Crippen molar-refractivity contribution in [2.24, 2.45) is 0 Å². The van der Waals surface area contributed by atoms with Gasteiger partial charge in [0, 0.05) is 0 Å². The summed E-state index contributed by atoms with van der Waals surface area (Å²) >= 11 is 0. The Morgan fingerprint density at radius 3 is 1.50 bits per heavy atom. The van der Waals surface area contributed by atoms with Crippen molar-refractivity contribution >= 4 is 0 Å². The molecule has 0 aromatic carbocycles. The van der Waals surface area contributed by atoms with Crippen LogP contribution < -0.4 is 18.9 Å². The van der Waals surface area contributed by atoms with Crippen LogP contribution in [0.15, 0.2) is 0 Å². The quantitative estimate of drug-likeness (QED) is 0.295. The molecule has 0 aromatic heterocycles. The maximum atomic E-state index is 2.12. The predicted molar refractivity (Wildman–Crippen MR) is 17.1 cm³/mol. The first-order valence-corrected chi connectivity index (χ1v) is 1.41. The Bertz CT molecular complexity index is 6.85. The SMILES string of the molecule is CCC.[H-].[Li+]. The summed E-state index contributed by atoms with van der Waals surface area (Å²) in [7, 11) is 0. The van der Waals surface area contributed by atoms with Crippen LogP contribution in [0.25, 0.3) is 0 Å². The van der Waals surface area contributed by atoms with Crippen molar-refractivity contribution in [1.29, 1.82) is 0 Å². The van der Waals surface area contributed by atoms with E-state index < -0.39 is 0 Å². The van der Waals surface area contributed by atoms with E-state index in [1.807, 2.05) is 0 Å². The van der Waals surface area contributed by atoms with E-state index in [0.29, 0.717) is 0 Å². The monoisotopic (exact) mass is 52.1 g/mol. The summed E-state index contributed by atoms with van der Waals surface area (Å²) in [4.78, 5) is 0. The van der Waals surface area contributed by atoms with Crippen LogP contribution in [0, 0.1) is 0 Å². The summed E-state index contributed by atoms with van der Waals surface area (Å²) in [5.41, 5.74) is 0. The number of rotatable bonds is 0. The molecule has 0 heterocycles. The van der Waals surface area contributed by atoms with E-state index in [-0.39, 0.29) is 20.3 Å². The van der Waals surface area contributed by atoms with Gasteiger partial charge in [-0.05, 0) is 0 Å². The smallest absolute Gasteiger partial charge is 1.00 e. The first-order chi connectivity index (χ1) is 1.41. The summed E-state index contributed by atoms with van der Waals surface area (Å²) in [5, 5.41) is 0. The Balaban J connectivity index is -0.0000000200. The molecule has 1 heteroatoms. The molecule has 0 aliphatic heterocycles. The van der Waals surface area contributed by atoms with Crippen LogP contribution in [0.5, 0.6) is 0 Å². The molecule has 0 saturated carbocycles. The average molecular weight is 52.0 g/mol. The predicted octanol–water partition coefficient (Wildman–Crippen LogP) is -1.47. The van der Waals surface area contributed by atoms with Gasteiger partial charge in [0.1, 0.15) is 0 Å². The van der Waals surface area contributed by atoms with E-state index in [9.17, 15) is 0 Å². The second-order valence-electron chi connectivity index (χ2n) is 0.707. The van der Waals surface area contributed by atoms with Crippen molar-refractivity contribution in [3.05, 3.63) is 0 Å². The number of hydrogen-bond acceptors (Lipinski definition) is 0. The van der Waals surface area contributed by atoms with Crippen molar-refractivity contribution in [2.75, 3.05) is 0 Å². The van der Waals surface area contributed by atoms with Crippen molar-refractivity contribution in [3.8, 4) is 0 Å². The first-order valence-electron chi connectivity index (χ1n) is 1.41. The Kier molecular flexibility index (Phi) is 21.0. The summed E-state index contributed by atoms with van der Waals surface area (Å²) < 4.78 is 0. The van der Waals surface area contributed by atoms with Gasteiger partial charge in [0.15, 0.2) is 0 Å². The Morgan fingerprint density at radius 2 is 1.50 bits per heavy atom. The maximum Gasteiger partial charge on any atom is 1.00 e. The minimum absolute atomic E-state index is 0. The molecule has 22 valence electrons. The van der Waals surface area contributed by atoms with Crippen molar-refractivity contribution < 1.29 is 20.3 Å². The summed E-state index contributed by atoms with van der Waals surface area (Å²) in [6, 6.07) is 0. The maximum absolute atomic E-state index is 2.12. The van der Waals surface area contributed by atoms with Crippen LogP contribution in [-0.2, 0) is 0 Å². The second-order valence-corrected chi connectivity index (χ2v) is 0.707. The topological polar surface area (TPSA) is 0 Å². The van der Waals surface area contributed by atoms with Gasteiger partial charge in [0.25, 0.3) is 0 Å². The molecule has 0 unspecified atom stereocenters. The van der Waals surface area contributed by atoms with Crippen LogP contribution in [0.4, 0.5) is 0 Å². The van der Waals surface area contributed by atoms with Crippen LogP contribution >= 0.6 is 0 Å². The molecule has 0 nitrogen and oxygen atoms in total. The van der Waals surface area contributed by atoms with Gasteiger partial charge < -0.3 is 1.43 Å². The number of hydrogen-bond donors (Lipinski definition) is 0. The third-order valence-electron chi connectivity index (χ3n) is 0. The third-order valence-corrected chi connectivity index (χ3v) is 0. The third kappa shape index (κ3) is 18.6. The van der Waals surface area contributed by atoms with Gasteiger partial charge in [-0.25, -0.2) is 0 Å². The van der Waals surface area contributed by atoms with Gasteiger partial charge in [0.2, 0.25) is 0 Å². The molecular weight excluding hydrogens is 43.0 g/mol. The van der Waals surface area contributed by atoms with Crippen LogP contribution in [0.2, 0.25) is 0 Å². The second kappa shape index (κ2) is 9.51. The van der Waals surface area contributed by atoms with Gasteiger partial charge in [-0.1, -0.05) is 20.3 Å². The fourth-order valence-electron chi connectivity index (χ4n) is 0. The Hall–Kier alpha value is 0.597. The van der Waals surface area contributed by atoms with Gasteiger partial charge in [-0.3, -0.25) is 0 Å². The van der Waals surface area contributed by atoms with Crippen molar-refractivity contribution in [1.82, 2.24) is 0 Å². The van der Waals surface area contributed by atoms with Crippen molar-refractivity contribution in [3.63, 3.8) is 0 Å². The minimum atomic E-state index is 0. The molecule has 0 N–H and O–H groups in total. The normalized spacial score (nSPS) is 4.50. The van der Waals surface area contributed by atoms with Gasteiger partial charge in [-0.15, -0.1) is 0 Å². The molecule has 0 aliphatic carbocycles. The molecule has 0 aromatic rings. The fraction of sp³-hybridized carbons (Fsp3) is 1.00. The standard InChI is InChI=1S/C3H8.Li.H/c1-3-2;;/h3H2,1-2H3;;/q;+1;-1. The minimum Gasteiger partial charge on any atom is -1.00 e. The Labute approximate surface area is 41.3 Å². The van der Waals surface area contributed by atoms with E-state index in [1.54, 1.807) is 0 Å². The molecule has 0 fully saturated rings. The van der Waals surface area contributed by atoms with Crippen LogP contribution in [0.1, 0.15) is 21.7 Å². The van der Waals surface area contributed by atoms with E-state index in [4.69, 9.17) is 0 Å². The van der Waals surface area contributed by atoms with Gasteiger partial charge in [-0.2, -0.15) is 0 Å². The molecule has 4 heavy (non-hydrogen) atoms. The molecule has 0 atom stereocenters. The van der Waals surface area contributed by atoms with E-state index in [1.165, 1.54) is 6.42 Å². The van der Waals surface area contributed by atoms with Crippen LogP contribution in [-0.4, -0.2) is 0 Å². The zero-order chi connectivity index (χ0) is 2.71. The van der Waals surface area contributed by atoms with E-state index >= 15 is 0 Å². The average Bonchev–Trinajstić information content (AvgIpc) is 0.918. The van der Waals surface area contributed by atoms with Crippen LogP contribution in [0.3, 0.4) is 0 Å². The molecule has 0 bridgehead atoms. The van der Waals surface area contributed by atoms with Gasteiger partial charge in [0.05, 0.1) is 0 Å². The zero-order valence-corrected chi connectivity index (χ0v) is 3.71. The molecule has 0 aliphatic rings. The summed E-state index contributed by atoms with van der Waals surface area (Å²) in [6.45, 7) is 4.25. The first kappa shape index (κ1) is 8.82. The molecule has 0 saturated heterocycles. The molecular formula is C3H9Li. The van der Waals surface area contributed by atoms with E-state index in [2.05, 4.69) is 13.8 Å². The zero-order valence-electron chi connectivity index (χ0n) is 4.71. The molecule has 0 rings (SSSR count).